The number of rotatable bonds is 20. The molecule has 19 aliphatic carbocycles. The summed E-state index contributed by atoms with van der Waals surface area (Å²) in [5, 5.41) is 0. The highest BCUT2D eigenvalue weighted by atomic mass is 16.7. The lowest BCUT2D eigenvalue weighted by atomic mass is 9.46. The van der Waals surface area contributed by atoms with E-state index in [2.05, 4.69) is 69.2 Å². The third-order valence-corrected chi connectivity index (χ3v) is 33.7. The number of hydrogen-bond acceptors (Lipinski definition) is 9. The van der Waals surface area contributed by atoms with Gasteiger partial charge in [0.2, 0.25) is 0 Å². The van der Waals surface area contributed by atoms with Crippen LogP contribution in [0.1, 0.15) is 255 Å². The number of ether oxygens (including phenoxy) is 6. The molecule has 0 aromatic carbocycles. The molecule has 506 valence electrons. The van der Waals surface area contributed by atoms with Gasteiger partial charge in [0.05, 0.1) is 37.1 Å². The molecule has 19 rings (SSSR count). The Morgan fingerprint density at radius 2 is 0.744 bits per heavy atom. The van der Waals surface area contributed by atoms with Gasteiger partial charge >= 0.3 is 17.9 Å². The predicted molar refractivity (Wildman–Crippen MR) is 351 cm³/mol. The summed E-state index contributed by atoms with van der Waals surface area (Å²) >= 11 is 0. The van der Waals surface area contributed by atoms with Crippen LogP contribution in [0.2, 0.25) is 0 Å². The molecular weight excluding hydrogens is 1120 g/mol. The number of hydrogen-bond donors (Lipinski definition) is 0. The largest absolute Gasteiger partial charge is 0.438 e. The van der Waals surface area contributed by atoms with Crippen molar-refractivity contribution in [3.8, 4) is 0 Å². The topological polar surface area (TPSA) is 107 Å². The SMILES string of the molecule is CCC1CC(CC)C2C3CC(CC3C(=O)OCOC3C4(C)CCC(C4)C3(C)C)C12.CCC1CC(CC)C2C3CC(CC3C(=O)OCOCC3(C)C4CC5CC(C4)CC3C5)C12.CCC1CC(CC)C2C3CC(CC3C(=O)OCOCC34CC5CC(CC(C5)C3)C4)C12. The lowest BCUT2D eigenvalue weighted by Gasteiger charge is -2.60. The van der Waals surface area contributed by atoms with Crippen molar-refractivity contribution in [2.75, 3.05) is 33.6 Å². The summed E-state index contributed by atoms with van der Waals surface area (Å²) in [6, 6.07) is 0. The molecule has 16 bridgehead atoms. The van der Waals surface area contributed by atoms with Crippen LogP contribution in [0, 0.1) is 193 Å². The summed E-state index contributed by atoms with van der Waals surface area (Å²) in [4.78, 5) is 39.1. The Morgan fingerprint density at radius 1 is 0.378 bits per heavy atom. The van der Waals surface area contributed by atoms with E-state index in [0.717, 1.165) is 169 Å². The van der Waals surface area contributed by atoms with Crippen molar-refractivity contribution in [3.05, 3.63) is 0 Å². The lowest BCUT2D eigenvalue weighted by Crippen LogP contribution is -2.53. The Morgan fingerprint density at radius 3 is 1.12 bits per heavy atom. The minimum atomic E-state index is 0.0388. The lowest BCUT2D eigenvalue weighted by molar-refractivity contribution is -0.185. The van der Waals surface area contributed by atoms with Crippen molar-refractivity contribution in [1.29, 1.82) is 0 Å². The van der Waals surface area contributed by atoms with Gasteiger partial charge < -0.3 is 28.4 Å². The van der Waals surface area contributed by atoms with Crippen molar-refractivity contribution in [3.63, 3.8) is 0 Å². The molecule has 0 aromatic rings. The van der Waals surface area contributed by atoms with Crippen molar-refractivity contribution in [2.24, 2.45) is 193 Å². The van der Waals surface area contributed by atoms with E-state index in [4.69, 9.17) is 28.4 Å². The second kappa shape index (κ2) is 25.0. The highest BCUT2D eigenvalue weighted by Crippen LogP contribution is 2.70. The normalized spacial score (nSPS) is 52.7. The summed E-state index contributed by atoms with van der Waals surface area (Å²) in [6.45, 7) is 25.9. The summed E-state index contributed by atoms with van der Waals surface area (Å²) in [6.07, 6.45) is 38.9. The van der Waals surface area contributed by atoms with E-state index < -0.39 is 0 Å². The van der Waals surface area contributed by atoms with E-state index in [0.29, 0.717) is 28.6 Å². The van der Waals surface area contributed by atoms with Gasteiger partial charge in [0.25, 0.3) is 0 Å². The Hall–Kier alpha value is -1.71. The maximum absolute atomic E-state index is 13.0. The Balaban J connectivity index is 0.000000113. The molecule has 19 saturated carbocycles. The van der Waals surface area contributed by atoms with Crippen LogP contribution in [0.15, 0.2) is 0 Å². The van der Waals surface area contributed by atoms with E-state index in [1.807, 2.05) is 0 Å². The highest BCUT2D eigenvalue weighted by molar-refractivity contribution is 5.74. The van der Waals surface area contributed by atoms with Crippen LogP contribution in [0.5, 0.6) is 0 Å². The summed E-state index contributed by atoms with van der Waals surface area (Å²) < 4.78 is 35.8. The molecule has 90 heavy (non-hydrogen) atoms. The first kappa shape index (κ1) is 64.3. The van der Waals surface area contributed by atoms with Crippen LogP contribution in [-0.2, 0) is 42.8 Å². The maximum atomic E-state index is 13.0. The van der Waals surface area contributed by atoms with Crippen LogP contribution >= 0.6 is 0 Å². The fourth-order valence-corrected chi connectivity index (χ4v) is 30.8. The van der Waals surface area contributed by atoms with Crippen LogP contribution in [0.25, 0.3) is 0 Å². The van der Waals surface area contributed by atoms with Gasteiger partial charge in [-0.25, -0.2) is 0 Å². The monoisotopic (exact) mass is 1240 g/mol. The molecule has 24 unspecified atom stereocenters. The van der Waals surface area contributed by atoms with E-state index in [9.17, 15) is 14.4 Å². The molecule has 0 radical (unpaired) electrons. The van der Waals surface area contributed by atoms with Gasteiger partial charge in [-0.15, -0.1) is 0 Å². The van der Waals surface area contributed by atoms with E-state index in [-0.39, 0.29) is 73.0 Å². The number of fused-ring (bicyclic) bond motifs is 17. The van der Waals surface area contributed by atoms with Gasteiger partial charge in [-0.3, -0.25) is 14.4 Å². The van der Waals surface area contributed by atoms with E-state index in [1.54, 1.807) is 0 Å². The van der Waals surface area contributed by atoms with Gasteiger partial charge in [0, 0.05) is 0 Å². The minimum Gasteiger partial charge on any atom is -0.438 e. The van der Waals surface area contributed by atoms with Crippen LogP contribution in [0.3, 0.4) is 0 Å². The number of esters is 3. The Labute approximate surface area is 546 Å². The molecule has 0 aliphatic heterocycles. The average molecular weight is 1250 g/mol. The highest BCUT2D eigenvalue weighted by Gasteiger charge is 2.66. The quantitative estimate of drug-likeness (QED) is 0.0510. The third-order valence-electron chi connectivity index (χ3n) is 33.7. The fourth-order valence-electron chi connectivity index (χ4n) is 30.8. The van der Waals surface area contributed by atoms with Crippen LogP contribution < -0.4 is 0 Å². The second-order valence-electron chi connectivity index (χ2n) is 37.8. The van der Waals surface area contributed by atoms with Gasteiger partial charge in [-0.2, -0.15) is 0 Å². The zero-order chi connectivity index (χ0) is 62.3. The average Bonchev–Trinajstić information content (AvgIpc) is 1.36. The number of carbonyl (C=O) groups excluding carboxylic acids is 3. The molecule has 19 fully saturated rings. The zero-order valence-corrected chi connectivity index (χ0v) is 58.5. The Kier molecular flexibility index (Phi) is 17.8. The molecule has 0 aromatic heterocycles. The van der Waals surface area contributed by atoms with Crippen LogP contribution in [0.4, 0.5) is 0 Å². The van der Waals surface area contributed by atoms with Gasteiger partial charge in [-0.05, 0) is 323 Å². The minimum absolute atomic E-state index is 0.0388. The maximum Gasteiger partial charge on any atom is 0.311 e. The van der Waals surface area contributed by atoms with Crippen molar-refractivity contribution in [1.82, 2.24) is 0 Å². The second-order valence-corrected chi connectivity index (χ2v) is 37.8. The van der Waals surface area contributed by atoms with Crippen molar-refractivity contribution in [2.45, 2.75) is 262 Å². The predicted octanol–water partition coefficient (Wildman–Crippen LogP) is 18.4. The molecule has 0 saturated heterocycles. The molecule has 0 spiro atoms. The number of carbonyl (C=O) groups is 3. The van der Waals surface area contributed by atoms with Crippen molar-refractivity contribution < 1.29 is 42.8 Å². The standard InChI is InChI=1S/C28H44O3.C27H42O3.C26H42O3/c1-4-18-11-19(5-2)26-23-12-20(25(18)26)13-24(23)27(29)31-15-30-14-28(3)21-7-16-6-17(9-21)10-22(28)8-16;1-3-19-8-20(4-2)25-22-9-21(24(19)25)10-23(22)26(28)30-15-29-14-27-11-16-5-17(12-27)7-18(6-16)13-27;1-6-15-10-16(7-2)22-19-11-17(21(15)22)12-20(19)23(27)28-14-29-24-25(3,4)18-8-9-26(24,5)13-18/h16-26H,4-15H2,1-3H3;16-25H,3-15H2,1-2H3;15-22,24H,6-14H2,1-5H3. The molecule has 19 aliphatic rings. The van der Waals surface area contributed by atoms with E-state index >= 15 is 0 Å². The third kappa shape index (κ3) is 10.9. The molecular formula is C81H128O9. The van der Waals surface area contributed by atoms with Gasteiger partial charge in [0.15, 0.2) is 20.4 Å². The first-order chi connectivity index (χ1) is 43.4. The smallest absolute Gasteiger partial charge is 0.311 e. The van der Waals surface area contributed by atoms with Gasteiger partial charge in [0.1, 0.15) is 0 Å². The molecule has 0 N–H and O–H groups in total. The first-order valence-electron chi connectivity index (χ1n) is 39.7. The Bertz CT molecular complexity index is 2500. The summed E-state index contributed by atoms with van der Waals surface area (Å²) in [5.41, 5.74) is 1.20. The molecule has 0 heterocycles. The zero-order valence-electron chi connectivity index (χ0n) is 58.5. The molecule has 24 atom stereocenters. The molecule has 9 nitrogen and oxygen atoms in total. The molecule has 9 heteroatoms. The van der Waals surface area contributed by atoms with Crippen LogP contribution in [-0.4, -0.2) is 57.6 Å². The first-order valence-corrected chi connectivity index (χ1v) is 39.7. The fraction of sp³-hybridized carbons (Fsp3) is 0.963. The van der Waals surface area contributed by atoms with E-state index in [1.165, 1.54) is 167 Å². The van der Waals surface area contributed by atoms with Gasteiger partial charge in [-0.1, -0.05) is 108 Å². The summed E-state index contributed by atoms with van der Waals surface area (Å²) in [5.74, 6) is 22.3. The molecule has 0 amide bonds. The van der Waals surface area contributed by atoms with Crippen molar-refractivity contribution >= 4 is 17.9 Å². The summed E-state index contributed by atoms with van der Waals surface area (Å²) in [7, 11) is 0.